The van der Waals surface area contributed by atoms with Crippen molar-refractivity contribution in [2.24, 2.45) is 0 Å². The molecule has 0 saturated carbocycles. The largest absolute Gasteiger partial charge is 0.362 e. The average molecular weight is 432 g/mol. The topological polar surface area (TPSA) is 92.3 Å². The number of nitrogens with one attached hydrogen (secondary N) is 2. The van der Waals surface area contributed by atoms with Crippen LogP contribution >= 0.6 is 22.7 Å². The summed E-state index contributed by atoms with van der Waals surface area (Å²) in [6.45, 7) is 0.515. The molecular weight excluding hydrogens is 414 g/mol. The van der Waals surface area contributed by atoms with Crippen molar-refractivity contribution < 1.29 is 0 Å². The van der Waals surface area contributed by atoms with Crippen LogP contribution in [0.4, 0.5) is 5.82 Å². The number of aromatic amines is 1. The van der Waals surface area contributed by atoms with Crippen molar-refractivity contribution in [1.29, 1.82) is 0 Å². The lowest BCUT2D eigenvalue weighted by Gasteiger charge is -2.09. The highest BCUT2D eigenvalue weighted by atomic mass is 32.1. The Kier molecular flexibility index (Phi) is 4.28. The van der Waals surface area contributed by atoms with Crippen LogP contribution in [0.3, 0.4) is 0 Å². The lowest BCUT2D eigenvalue weighted by Crippen LogP contribution is -2.05. The molecule has 1 aliphatic rings. The van der Waals surface area contributed by atoms with Gasteiger partial charge in [-0.05, 0) is 48.4 Å². The van der Waals surface area contributed by atoms with Crippen molar-refractivity contribution in [3.63, 3.8) is 0 Å². The van der Waals surface area contributed by atoms with Crippen LogP contribution < -0.4 is 5.32 Å². The summed E-state index contributed by atoms with van der Waals surface area (Å²) in [6.07, 6.45) is 6.98. The van der Waals surface area contributed by atoms with Gasteiger partial charge in [0.15, 0.2) is 11.6 Å². The molecule has 0 aromatic carbocycles. The van der Waals surface area contributed by atoms with Crippen molar-refractivity contribution in [3.05, 3.63) is 58.3 Å². The van der Waals surface area contributed by atoms with E-state index in [1.165, 1.54) is 16.9 Å². The van der Waals surface area contributed by atoms with E-state index in [0.717, 1.165) is 51.0 Å². The molecule has 6 rings (SSSR count). The zero-order valence-corrected chi connectivity index (χ0v) is 17.6. The first-order valence-corrected chi connectivity index (χ1v) is 11.5. The van der Waals surface area contributed by atoms with Crippen molar-refractivity contribution in [3.8, 4) is 22.1 Å². The first-order chi connectivity index (χ1) is 14.8. The fourth-order valence-electron chi connectivity index (χ4n) is 3.81. The van der Waals surface area contributed by atoms with Crippen molar-refractivity contribution in [1.82, 2.24) is 30.1 Å². The van der Waals surface area contributed by atoms with Crippen LogP contribution in [0.1, 0.15) is 22.7 Å². The summed E-state index contributed by atoms with van der Waals surface area (Å²) in [4.78, 5) is 22.1. The van der Waals surface area contributed by atoms with Crippen LogP contribution in [0.15, 0.2) is 42.0 Å². The van der Waals surface area contributed by atoms with Crippen LogP contribution in [0.25, 0.3) is 32.3 Å². The van der Waals surface area contributed by atoms with Crippen molar-refractivity contribution in [2.75, 3.05) is 5.32 Å². The number of anilines is 1. The zero-order chi connectivity index (χ0) is 19.9. The van der Waals surface area contributed by atoms with Crippen LogP contribution in [-0.4, -0.2) is 30.1 Å². The highest BCUT2D eigenvalue weighted by Crippen LogP contribution is 2.40. The molecule has 7 nitrogen and oxygen atoms in total. The summed E-state index contributed by atoms with van der Waals surface area (Å²) in [5, 5.41) is 14.0. The summed E-state index contributed by atoms with van der Waals surface area (Å²) in [5.74, 6) is 3.05. The summed E-state index contributed by atoms with van der Waals surface area (Å²) < 4.78 is 0. The quantitative estimate of drug-likeness (QED) is 0.419. The van der Waals surface area contributed by atoms with Crippen LogP contribution in [-0.2, 0) is 19.4 Å². The fraction of sp³-hybridized carbons (Fsp3) is 0.190. The van der Waals surface area contributed by atoms with E-state index in [1.807, 2.05) is 29.6 Å². The number of fused-ring (bicyclic) bond motifs is 3. The molecule has 5 aromatic heterocycles. The number of hydrogen-bond donors (Lipinski definition) is 2. The van der Waals surface area contributed by atoms with Crippen LogP contribution in [0.5, 0.6) is 0 Å². The number of aromatic nitrogens is 6. The first kappa shape index (κ1) is 17.7. The number of nitrogens with zero attached hydrogens (tertiary/aromatic N) is 5. The summed E-state index contributed by atoms with van der Waals surface area (Å²) in [7, 11) is 0. The Hall–Kier alpha value is -3.17. The minimum absolute atomic E-state index is 0.515. The van der Waals surface area contributed by atoms with E-state index in [1.54, 1.807) is 35.1 Å². The number of pyridine rings is 1. The number of hydrogen-bond acceptors (Lipinski definition) is 8. The molecular formula is C21H17N7S2. The number of thiophene rings is 2. The Bertz CT molecular complexity index is 1320. The maximum atomic E-state index is 4.88. The maximum Gasteiger partial charge on any atom is 0.191 e. The second-order valence-corrected chi connectivity index (χ2v) is 9.14. The molecule has 0 bridgehead atoms. The molecule has 148 valence electrons. The molecule has 5 heterocycles. The van der Waals surface area contributed by atoms with Gasteiger partial charge in [-0.1, -0.05) is 6.07 Å². The van der Waals surface area contributed by atoms with E-state index in [4.69, 9.17) is 9.97 Å². The minimum Gasteiger partial charge on any atom is -0.362 e. The van der Waals surface area contributed by atoms with E-state index < -0.39 is 0 Å². The molecule has 0 radical (unpaired) electrons. The molecule has 0 saturated heterocycles. The second kappa shape index (κ2) is 7.26. The molecule has 2 N–H and O–H groups in total. The van der Waals surface area contributed by atoms with Crippen LogP contribution in [0.2, 0.25) is 0 Å². The van der Waals surface area contributed by atoms with E-state index >= 15 is 0 Å². The summed E-state index contributed by atoms with van der Waals surface area (Å²) >= 11 is 3.42. The molecule has 1 aliphatic carbocycles. The number of H-pyrrole nitrogens is 1. The predicted molar refractivity (Wildman–Crippen MR) is 120 cm³/mol. The molecule has 0 amide bonds. The highest BCUT2D eigenvalue weighted by Gasteiger charge is 2.23. The Morgan fingerprint density at radius 2 is 2.07 bits per heavy atom. The third-order valence-electron chi connectivity index (χ3n) is 5.18. The Morgan fingerprint density at radius 3 is 2.93 bits per heavy atom. The summed E-state index contributed by atoms with van der Waals surface area (Å²) in [5.41, 5.74) is 2.31. The van der Waals surface area contributed by atoms with Gasteiger partial charge in [-0.2, -0.15) is 5.10 Å². The summed E-state index contributed by atoms with van der Waals surface area (Å²) in [6, 6.07) is 7.92. The van der Waals surface area contributed by atoms with E-state index in [2.05, 4.69) is 25.5 Å². The molecule has 0 atom stereocenters. The van der Waals surface area contributed by atoms with Gasteiger partial charge in [0.2, 0.25) is 0 Å². The standard InChI is InChI=1S/C21H17N7S2/c1-5-13-14(6-1)30-21-17(13)20(25-18(26-21)12-4-2-8-22-10-12)23-11-16-24-19(28-27-16)15-7-3-9-29-15/h2-4,7-10H,1,5-6,11H2,(H,23,25,26)(H,24,27,28). The van der Waals surface area contributed by atoms with Gasteiger partial charge in [-0.15, -0.1) is 22.7 Å². The normalized spacial score (nSPS) is 13.1. The molecule has 5 aromatic rings. The second-order valence-electron chi connectivity index (χ2n) is 7.11. The lowest BCUT2D eigenvalue weighted by molar-refractivity contribution is 0.916. The molecule has 0 unspecified atom stereocenters. The first-order valence-electron chi connectivity index (χ1n) is 9.77. The number of rotatable bonds is 5. The smallest absolute Gasteiger partial charge is 0.191 e. The lowest BCUT2D eigenvalue weighted by atomic mass is 10.2. The molecule has 0 fully saturated rings. The SMILES string of the molecule is c1cncc(-c2nc(NCc3nc(-c4cccs4)n[nH]3)c3c4c(sc3n2)CCC4)c1. The van der Waals surface area contributed by atoms with Crippen molar-refractivity contribution >= 4 is 38.7 Å². The van der Waals surface area contributed by atoms with Gasteiger partial charge in [0.05, 0.1) is 16.8 Å². The average Bonchev–Trinajstić information content (AvgIpc) is 3.56. The number of aryl methyl sites for hydroxylation is 2. The maximum absolute atomic E-state index is 4.88. The monoisotopic (exact) mass is 431 g/mol. The van der Waals surface area contributed by atoms with E-state index in [-0.39, 0.29) is 0 Å². The van der Waals surface area contributed by atoms with Gasteiger partial charge in [-0.3, -0.25) is 10.1 Å². The van der Waals surface area contributed by atoms with Gasteiger partial charge in [0.25, 0.3) is 0 Å². The Labute approximate surface area is 180 Å². The van der Waals surface area contributed by atoms with Gasteiger partial charge in [-0.25, -0.2) is 15.0 Å². The van der Waals surface area contributed by atoms with Gasteiger partial charge in [0.1, 0.15) is 16.5 Å². The zero-order valence-electron chi connectivity index (χ0n) is 15.9. The minimum atomic E-state index is 0.515. The highest BCUT2D eigenvalue weighted by molar-refractivity contribution is 7.19. The fourth-order valence-corrected chi connectivity index (χ4v) is 5.72. The van der Waals surface area contributed by atoms with Gasteiger partial charge in [0, 0.05) is 22.8 Å². The predicted octanol–water partition coefficient (Wildman–Crippen LogP) is 4.70. The van der Waals surface area contributed by atoms with Crippen LogP contribution in [0, 0.1) is 0 Å². The molecule has 0 spiro atoms. The Morgan fingerprint density at radius 1 is 1.07 bits per heavy atom. The third-order valence-corrected chi connectivity index (χ3v) is 7.23. The molecule has 9 heteroatoms. The molecule has 30 heavy (non-hydrogen) atoms. The van der Waals surface area contributed by atoms with E-state index in [9.17, 15) is 0 Å². The Balaban J connectivity index is 1.37. The van der Waals surface area contributed by atoms with Gasteiger partial charge >= 0.3 is 0 Å². The molecule has 0 aliphatic heterocycles. The third kappa shape index (κ3) is 3.06. The van der Waals surface area contributed by atoms with Crippen molar-refractivity contribution in [2.45, 2.75) is 25.8 Å². The van der Waals surface area contributed by atoms with E-state index in [0.29, 0.717) is 12.4 Å². The van der Waals surface area contributed by atoms with Gasteiger partial charge < -0.3 is 5.32 Å².